The van der Waals surface area contributed by atoms with Crippen molar-refractivity contribution in [3.8, 4) is 0 Å². The molecule has 2 aromatic rings. The first-order chi connectivity index (χ1) is 12.5. The fourth-order valence-electron chi connectivity index (χ4n) is 3.30. The minimum absolute atomic E-state index is 0.0898. The van der Waals surface area contributed by atoms with Crippen LogP contribution in [0.5, 0.6) is 0 Å². The van der Waals surface area contributed by atoms with Crippen LogP contribution in [0, 0.1) is 5.92 Å². The average molecular weight is 369 g/mol. The van der Waals surface area contributed by atoms with E-state index in [0.717, 1.165) is 23.3 Å². The van der Waals surface area contributed by atoms with Crippen molar-refractivity contribution >= 4 is 29.3 Å². The van der Waals surface area contributed by atoms with Crippen LogP contribution in [-0.4, -0.2) is 29.7 Å². The second kappa shape index (κ2) is 6.25. The number of carbonyl (C=O) groups excluding carboxylic acids is 3. The van der Waals surface area contributed by atoms with Gasteiger partial charge in [-0.3, -0.25) is 19.3 Å². The number of nitrogens with one attached hydrogen (secondary N) is 1. The Morgan fingerprint density at radius 1 is 1.08 bits per heavy atom. The molecule has 0 radical (unpaired) electrons. The van der Waals surface area contributed by atoms with E-state index in [9.17, 15) is 14.4 Å². The van der Waals surface area contributed by atoms with Crippen LogP contribution in [0.2, 0.25) is 5.02 Å². The van der Waals surface area contributed by atoms with Crippen molar-refractivity contribution in [2.45, 2.75) is 18.9 Å². The first-order valence-electron chi connectivity index (χ1n) is 8.48. The van der Waals surface area contributed by atoms with E-state index in [1.165, 1.54) is 13.1 Å². The van der Waals surface area contributed by atoms with E-state index in [-0.39, 0.29) is 29.3 Å². The number of halogens is 1. The molecule has 0 saturated heterocycles. The lowest BCUT2D eigenvalue weighted by Crippen LogP contribution is -2.30. The van der Waals surface area contributed by atoms with Crippen LogP contribution >= 0.6 is 11.6 Å². The molecule has 1 fully saturated rings. The SMILES string of the molecule is CN1C(=O)c2ccc(C(=O)NC(c3ccc(Cl)cc3)C3CC3)cc2C1=O. The highest BCUT2D eigenvalue weighted by atomic mass is 35.5. The van der Waals surface area contributed by atoms with Gasteiger partial charge < -0.3 is 5.32 Å². The van der Waals surface area contributed by atoms with Gasteiger partial charge in [0.05, 0.1) is 17.2 Å². The van der Waals surface area contributed by atoms with Crippen LogP contribution in [0.4, 0.5) is 0 Å². The van der Waals surface area contributed by atoms with Crippen molar-refractivity contribution < 1.29 is 14.4 Å². The first-order valence-corrected chi connectivity index (χ1v) is 8.86. The quantitative estimate of drug-likeness (QED) is 0.840. The number of fused-ring (bicyclic) bond motifs is 1. The normalized spacial score (nSPS) is 17.2. The maximum Gasteiger partial charge on any atom is 0.261 e. The summed E-state index contributed by atoms with van der Waals surface area (Å²) in [5.41, 5.74) is 2.00. The fraction of sp³-hybridized carbons (Fsp3) is 0.250. The molecular weight excluding hydrogens is 352 g/mol. The van der Waals surface area contributed by atoms with Crippen LogP contribution in [0.3, 0.4) is 0 Å². The maximum absolute atomic E-state index is 12.8. The highest BCUT2D eigenvalue weighted by Crippen LogP contribution is 2.41. The van der Waals surface area contributed by atoms with E-state index >= 15 is 0 Å². The lowest BCUT2D eigenvalue weighted by Gasteiger charge is -2.19. The van der Waals surface area contributed by atoms with E-state index < -0.39 is 0 Å². The molecule has 1 aliphatic carbocycles. The second-order valence-corrected chi connectivity index (χ2v) is 7.21. The summed E-state index contributed by atoms with van der Waals surface area (Å²) in [5, 5.41) is 3.72. The second-order valence-electron chi connectivity index (χ2n) is 6.77. The molecule has 4 rings (SSSR count). The Labute approximate surface area is 155 Å². The van der Waals surface area contributed by atoms with E-state index in [4.69, 9.17) is 11.6 Å². The van der Waals surface area contributed by atoms with Crippen LogP contribution in [-0.2, 0) is 0 Å². The molecule has 1 unspecified atom stereocenters. The number of amides is 3. The number of hydrogen-bond acceptors (Lipinski definition) is 3. The minimum atomic E-state index is -0.379. The summed E-state index contributed by atoms with van der Waals surface area (Å²) >= 11 is 5.95. The van der Waals surface area contributed by atoms with Gasteiger partial charge in [0.25, 0.3) is 17.7 Å². The first kappa shape index (κ1) is 16.8. The molecule has 0 spiro atoms. The van der Waals surface area contributed by atoms with E-state index in [1.807, 2.05) is 24.3 Å². The van der Waals surface area contributed by atoms with Gasteiger partial charge in [-0.05, 0) is 54.7 Å². The number of benzene rings is 2. The van der Waals surface area contributed by atoms with Gasteiger partial charge >= 0.3 is 0 Å². The molecule has 0 aromatic heterocycles. The highest BCUT2D eigenvalue weighted by molar-refractivity contribution is 6.30. The monoisotopic (exact) mass is 368 g/mol. The molecule has 1 saturated carbocycles. The van der Waals surface area contributed by atoms with Gasteiger partial charge in [0, 0.05) is 17.6 Å². The van der Waals surface area contributed by atoms with Gasteiger partial charge in [-0.25, -0.2) is 0 Å². The zero-order valence-corrected chi connectivity index (χ0v) is 14.9. The molecule has 1 aliphatic heterocycles. The molecular formula is C20H17ClN2O3. The summed E-state index contributed by atoms with van der Waals surface area (Å²) in [7, 11) is 1.44. The van der Waals surface area contributed by atoms with Gasteiger partial charge in [-0.2, -0.15) is 0 Å². The molecule has 26 heavy (non-hydrogen) atoms. The third kappa shape index (κ3) is 2.88. The lowest BCUT2D eigenvalue weighted by atomic mass is 10.0. The number of nitrogens with zero attached hydrogens (tertiary/aromatic N) is 1. The molecule has 2 aliphatic rings. The van der Waals surface area contributed by atoms with Crippen molar-refractivity contribution in [1.29, 1.82) is 0 Å². The Hall–Kier alpha value is -2.66. The van der Waals surface area contributed by atoms with E-state index in [1.54, 1.807) is 12.1 Å². The predicted molar refractivity (Wildman–Crippen MR) is 97.2 cm³/mol. The molecule has 1 N–H and O–H groups in total. The van der Waals surface area contributed by atoms with Gasteiger partial charge in [-0.1, -0.05) is 23.7 Å². The largest absolute Gasteiger partial charge is 0.345 e. The summed E-state index contributed by atoms with van der Waals surface area (Å²) in [4.78, 5) is 37.9. The van der Waals surface area contributed by atoms with Gasteiger partial charge in [-0.15, -0.1) is 0 Å². The zero-order valence-electron chi connectivity index (χ0n) is 14.2. The third-order valence-electron chi connectivity index (χ3n) is 4.96. The van der Waals surface area contributed by atoms with Crippen molar-refractivity contribution in [3.63, 3.8) is 0 Å². The van der Waals surface area contributed by atoms with Crippen molar-refractivity contribution in [1.82, 2.24) is 10.2 Å². The summed E-state index contributed by atoms with van der Waals surface area (Å²) in [5.74, 6) is -0.566. The summed E-state index contributed by atoms with van der Waals surface area (Å²) in [6, 6.07) is 12.0. The molecule has 1 atom stereocenters. The smallest absolute Gasteiger partial charge is 0.261 e. The third-order valence-corrected chi connectivity index (χ3v) is 5.21. The summed E-state index contributed by atoms with van der Waals surface area (Å²) in [6.45, 7) is 0. The average Bonchev–Trinajstić information content (AvgIpc) is 3.46. The van der Waals surface area contributed by atoms with Crippen LogP contribution in [0.15, 0.2) is 42.5 Å². The molecule has 6 heteroatoms. The zero-order chi connectivity index (χ0) is 18.4. The highest BCUT2D eigenvalue weighted by Gasteiger charge is 2.35. The lowest BCUT2D eigenvalue weighted by molar-refractivity contribution is 0.0693. The van der Waals surface area contributed by atoms with Crippen LogP contribution < -0.4 is 5.32 Å². The summed E-state index contributed by atoms with van der Waals surface area (Å²) < 4.78 is 0. The van der Waals surface area contributed by atoms with Crippen LogP contribution in [0.1, 0.15) is 55.5 Å². The number of rotatable bonds is 4. The maximum atomic E-state index is 12.8. The topological polar surface area (TPSA) is 66.5 Å². The Bertz CT molecular complexity index is 919. The van der Waals surface area contributed by atoms with Gasteiger partial charge in [0.15, 0.2) is 0 Å². The molecule has 2 aromatic carbocycles. The number of hydrogen-bond donors (Lipinski definition) is 1. The minimum Gasteiger partial charge on any atom is -0.345 e. The number of carbonyl (C=O) groups is 3. The Balaban J connectivity index is 1.59. The molecule has 3 amide bonds. The molecule has 1 heterocycles. The fourth-order valence-corrected chi connectivity index (χ4v) is 3.43. The molecule has 132 valence electrons. The Morgan fingerprint density at radius 2 is 1.73 bits per heavy atom. The predicted octanol–water partition coefficient (Wildman–Crippen LogP) is 3.45. The van der Waals surface area contributed by atoms with Crippen molar-refractivity contribution in [2.24, 2.45) is 5.92 Å². The van der Waals surface area contributed by atoms with Crippen molar-refractivity contribution in [3.05, 3.63) is 69.7 Å². The Kier molecular flexibility index (Phi) is 4.04. The standard InChI is InChI=1S/C20H17ClN2O3/c1-23-19(25)15-9-6-13(10-16(15)20(23)26)18(24)22-17(11-2-3-11)12-4-7-14(21)8-5-12/h4-11,17H,2-3H2,1H3,(H,22,24). The van der Waals surface area contributed by atoms with E-state index in [0.29, 0.717) is 22.1 Å². The van der Waals surface area contributed by atoms with E-state index in [2.05, 4.69) is 5.32 Å². The summed E-state index contributed by atoms with van der Waals surface area (Å²) in [6.07, 6.45) is 2.13. The van der Waals surface area contributed by atoms with Crippen molar-refractivity contribution in [2.75, 3.05) is 7.05 Å². The van der Waals surface area contributed by atoms with Gasteiger partial charge in [0.1, 0.15) is 0 Å². The van der Waals surface area contributed by atoms with Crippen LogP contribution in [0.25, 0.3) is 0 Å². The van der Waals surface area contributed by atoms with Gasteiger partial charge in [0.2, 0.25) is 0 Å². The Morgan fingerprint density at radius 3 is 2.38 bits per heavy atom. The number of imide groups is 1. The molecule has 0 bridgehead atoms. The molecule has 5 nitrogen and oxygen atoms in total.